The summed E-state index contributed by atoms with van der Waals surface area (Å²) < 4.78 is 1.16. The van der Waals surface area contributed by atoms with Gasteiger partial charge in [0, 0.05) is 15.6 Å². The van der Waals surface area contributed by atoms with Crippen molar-refractivity contribution in [1.29, 1.82) is 0 Å². The molecule has 0 saturated carbocycles. The highest BCUT2D eigenvalue weighted by molar-refractivity contribution is 9.10. The molecule has 1 nitrogen and oxygen atoms in total. The number of rotatable bonds is 1. The van der Waals surface area contributed by atoms with Gasteiger partial charge in [0.15, 0.2) is 0 Å². The van der Waals surface area contributed by atoms with Crippen LogP contribution in [0, 0.1) is 0 Å². The summed E-state index contributed by atoms with van der Waals surface area (Å²) in [6.07, 6.45) is 2.01. The molecule has 0 saturated heterocycles. The fourth-order valence-electron chi connectivity index (χ4n) is 6.14. The van der Waals surface area contributed by atoms with Crippen LogP contribution in [0.1, 0.15) is 47.2 Å². The van der Waals surface area contributed by atoms with Crippen LogP contribution in [-0.2, 0) is 18.3 Å². The molecule has 0 aromatic heterocycles. The van der Waals surface area contributed by atoms with E-state index in [1.165, 1.54) is 61.2 Å². The second-order valence-corrected chi connectivity index (χ2v) is 11.3. The van der Waals surface area contributed by atoms with Crippen LogP contribution in [0.5, 0.6) is 0 Å². The van der Waals surface area contributed by atoms with Gasteiger partial charge in [-0.3, -0.25) is 0 Å². The summed E-state index contributed by atoms with van der Waals surface area (Å²) in [4.78, 5) is 2.45. The van der Waals surface area contributed by atoms with Gasteiger partial charge < -0.3 is 4.90 Å². The lowest BCUT2D eigenvalue weighted by Gasteiger charge is -2.42. The third-order valence-corrected chi connectivity index (χ3v) is 8.46. The molecule has 0 amide bonds. The molecule has 170 valence electrons. The molecule has 5 aromatic carbocycles. The Bertz CT molecular complexity index is 1600. The molecule has 7 rings (SSSR count). The number of benzene rings is 5. The van der Waals surface area contributed by atoms with Crippen molar-refractivity contribution in [1.82, 2.24) is 0 Å². The average molecular weight is 516 g/mol. The second kappa shape index (κ2) is 7.57. The fraction of sp³-hybridized carbons (Fsp3) is 0.152. The van der Waals surface area contributed by atoms with Crippen molar-refractivity contribution in [3.05, 3.63) is 135 Å². The lowest BCUT2D eigenvalue weighted by atomic mass is 9.73. The molecule has 35 heavy (non-hydrogen) atoms. The van der Waals surface area contributed by atoms with Crippen molar-refractivity contribution < 1.29 is 0 Å². The third kappa shape index (κ3) is 3.20. The maximum Gasteiger partial charge on any atom is 0.0502 e. The van der Waals surface area contributed by atoms with Gasteiger partial charge in [-0.1, -0.05) is 90.4 Å². The van der Waals surface area contributed by atoms with Crippen molar-refractivity contribution in [2.24, 2.45) is 0 Å². The van der Waals surface area contributed by atoms with E-state index in [2.05, 4.69) is 132 Å². The zero-order chi connectivity index (χ0) is 23.7. The van der Waals surface area contributed by atoms with Crippen LogP contribution in [0.15, 0.2) is 102 Å². The fourth-order valence-corrected chi connectivity index (χ4v) is 6.55. The van der Waals surface area contributed by atoms with Gasteiger partial charge in [0.2, 0.25) is 0 Å². The smallest absolute Gasteiger partial charge is 0.0502 e. The van der Waals surface area contributed by atoms with Crippen molar-refractivity contribution in [2.75, 3.05) is 4.90 Å². The molecule has 5 aromatic rings. The number of hydrogen-bond donors (Lipinski definition) is 0. The Morgan fingerprint density at radius 1 is 0.600 bits per heavy atom. The Morgan fingerprint density at radius 2 is 1.20 bits per heavy atom. The van der Waals surface area contributed by atoms with Crippen molar-refractivity contribution in [2.45, 2.75) is 32.1 Å². The minimum atomic E-state index is -0.0397. The SMILES string of the molecule is CC1(C)c2ccccc2N(c2ccc3cc4c(cc3c2)Cc2ccc(Br)cc2C4)c2ccccc21. The number of para-hydroxylation sites is 2. The molecule has 0 N–H and O–H groups in total. The van der Waals surface area contributed by atoms with Crippen LogP contribution >= 0.6 is 15.9 Å². The molecule has 1 aliphatic heterocycles. The molecule has 0 spiro atoms. The van der Waals surface area contributed by atoms with Crippen LogP contribution in [-0.4, -0.2) is 0 Å². The summed E-state index contributed by atoms with van der Waals surface area (Å²) in [5.41, 5.74) is 12.2. The highest BCUT2D eigenvalue weighted by atomic mass is 79.9. The number of fused-ring (bicyclic) bond motifs is 5. The van der Waals surface area contributed by atoms with E-state index >= 15 is 0 Å². The Morgan fingerprint density at radius 3 is 1.91 bits per heavy atom. The normalized spacial score (nSPS) is 15.2. The van der Waals surface area contributed by atoms with Gasteiger partial charge in [-0.05, 0) is 93.4 Å². The lowest BCUT2D eigenvalue weighted by Crippen LogP contribution is -2.30. The Balaban J connectivity index is 1.38. The average Bonchev–Trinajstić information content (AvgIpc) is 2.86. The van der Waals surface area contributed by atoms with Gasteiger partial charge in [0.05, 0.1) is 11.4 Å². The van der Waals surface area contributed by atoms with Gasteiger partial charge in [0.1, 0.15) is 0 Å². The predicted molar refractivity (Wildman–Crippen MR) is 151 cm³/mol. The molecule has 2 aliphatic rings. The predicted octanol–water partition coefficient (Wildman–Crippen LogP) is 9.21. The van der Waals surface area contributed by atoms with E-state index in [1.807, 2.05) is 0 Å². The van der Waals surface area contributed by atoms with E-state index in [0.717, 1.165) is 17.3 Å². The van der Waals surface area contributed by atoms with Crippen LogP contribution in [0.2, 0.25) is 0 Å². The van der Waals surface area contributed by atoms with Crippen molar-refractivity contribution >= 4 is 43.8 Å². The zero-order valence-electron chi connectivity index (χ0n) is 20.0. The van der Waals surface area contributed by atoms with Crippen LogP contribution in [0.4, 0.5) is 17.1 Å². The number of hydrogen-bond acceptors (Lipinski definition) is 1. The minimum Gasteiger partial charge on any atom is -0.310 e. The van der Waals surface area contributed by atoms with Gasteiger partial charge in [-0.2, -0.15) is 0 Å². The van der Waals surface area contributed by atoms with Crippen LogP contribution < -0.4 is 4.90 Å². The zero-order valence-corrected chi connectivity index (χ0v) is 21.6. The van der Waals surface area contributed by atoms with Crippen molar-refractivity contribution in [3.63, 3.8) is 0 Å². The highest BCUT2D eigenvalue weighted by Gasteiger charge is 2.36. The van der Waals surface area contributed by atoms with Gasteiger partial charge >= 0.3 is 0 Å². The number of halogens is 1. The topological polar surface area (TPSA) is 3.24 Å². The molecular weight excluding hydrogens is 490 g/mol. The quantitative estimate of drug-likeness (QED) is 0.211. The standard InChI is InChI=1S/C33H26BrN/c1-33(2)29-7-3-5-9-31(29)35(32-10-6-4-8-30(32)33)28-14-12-22-16-23-17-25-19-27(34)13-11-21(25)15-24(23)18-26(22)20-28/h3-14,16,18-20H,15,17H2,1-2H3. The molecular formula is C33H26BrN. The second-order valence-electron chi connectivity index (χ2n) is 10.4. The van der Waals surface area contributed by atoms with Crippen LogP contribution in [0.25, 0.3) is 10.8 Å². The molecule has 2 heteroatoms. The Kier molecular flexibility index (Phi) is 4.53. The first-order valence-electron chi connectivity index (χ1n) is 12.3. The molecule has 0 fully saturated rings. The first-order chi connectivity index (χ1) is 17.0. The third-order valence-electron chi connectivity index (χ3n) is 7.97. The van der Waals surface area contributed by atoms with E-state index in [1.54, 1.807) is 0 Å². The molecule has 0 atom stereocenters. The largest absolute Gasteiger partial charge is 0.310 e. The Labute approximate surface area is 215 Å². The van der Waals surface area contributed by atoms with E-state index in [-0.39, 0.29) is 5.41 Å². The lowest BCUT2D eigenvalue weighted by molar-refractivity contribution is 0.632. The maximum atomic E-state index is 3.64. The molecule has 0 unspecified atom stereocenters. The highest BCUT2D eigenvalue weighted by Crippen LogP contribution is 2.51. The summed E-state index contributed by atoms with van der Waals surface area (Å²) in [5.74, 6) is 0. The summed E-state index contributed by atoms with van der Waals surface area (Å²) in [5, 5.41) is 2.62. The first kappa shape index (κ1) is 21.0. The van der Waals surface area contributed by atoms with Gasteiger partial charge in [0.25, 0.3) is 0 Å². The summed E-state index contributed by atoms with van der Waals surface area (Å²) in [6.45, 7) is 4.68. The van der Waals surface area contributed by atoms with E-state index in [0.29, 0.717) is 0 Å². The van der Waals surface area contributed by atoms with E-state index in [9.17, 15) is 0 Å². The van der Waals surface area contributed by atoms with Gasteiger partial charge in [-0.25, -0.2) is 0 Å². The minimum absolute atomic E-state index is 0.0397. The van der Waals surface area contributed by atoms with Crippen LogP contribution in [0.3, 0.4) is 0 Å². The number of anilines is 3. The van der Waals surface area contributed by atoms with E-state index < -0.39 is 0 Å². The first-order valence-corrected chi connectivity index (χ1v) is 13.1. The maximum absolute atomic E-state index is 3.64. The summed E-state index contributed by atoms with van der Waals surface area (Å²) in [6, 6.07) is 36.2. The molecule has 1 aliphatic carbocycles. The van der Waals surface area contributed by atoms with Crippen molar-refractivity contribution in [3.8, 4) is 0 Å². The summed E-state index contributed by atoms with van der Waals surface area (Å²) in [7, 11) is 0. The summed E-state index contributed by atoms with van der Waals surface area (Å²) >= 11 is 3.64. The van der Waals surface area contributed by atoms with E-state index in [4.69, 9.17) is 0 Å². The van der Waals surface area contributed by atoms with Gasteiger partial charge in [-0.15, -0.1) is 0 Å². The number of nitrogens with zero attached hydrogens (tertiary/aromatic N) is 1. The molecule has 0 bridgehead atoms. The monoisotopic (exact) mass is 515 g/mol. The Hall–Kier alpha value is -3.36. The molecule has 0 radical (unpaired) electrons. The molecule has 1 heterocycles.